The zero-order chi connectivity index (χ0) is 17.8. The lowest BCUT2D eigenvalue weighted by Gasteiger charge is -2.39. The molecule has 1 saturated heterocycles. The van der Waals surface area contributed by atoms with Gasteiger partial charge in [-0.25, -0.2) is 0 Å². The first-order chi connectivity index (χ1) is 12.1. The number of hydrogen-bond acceptors (Lipinski definition) is 3. The molecule has 1 N–H and O–H groups in total. The number of amides is 1. The summed E-state index contributed by atoms with van der Waals surface area (Å²) in [6, 6.07) is 9.67. The first-order valence-electron chi connectivity index (χ1n) is 8.61. The highest BCUT2D eigenvalue weighted by atomic mass is 16.4. The second-order valence-electron chi connectivity index (χ2n) is 6.55. The number of carboxylic acids is 1. The zero-order valence-corrected chi connectivity index (χ0v) is 14.3. The predicted molar refractivity (Wildman–Crippen MR) is 92.8 cm³/mol. The number of nitrogens with zero attached hydrogens (tertiary/aromatic N) is 3. The largest absolute Gasteiger partial charge is 0.481 e. The number of hydrogen-bond donors (Lipinski definition) is 1. The van der Waals surface area contributed by atoms with Crippen molar-refractivity contribution in [2.75, 3.05) is 6.54 Å². The van der Waals surface area contributed by atoms with Crippen molar-refractivity contribution in [3.63, 3.8) is 0 Å². The molecule has 0 saturated carbocycles. The summed E-state index contributed by atoms with van der Waals surface area (Å²) >= 11 is 0. The molecule has 132 valence electrons. The average molecular weight is 341 g/mol. The van der Waals surface area contributed by atoms with Gasteiger partial charge in [0.1, 0.15) is 0 Å². The van der Waals surface area contributed by atoms with E-state index in [4.69, 9.17) is 0 Å². The molecule has 1 fully saturated rings. The standard InChI is InChI=1S/C19H23N3O3/c1-21-13-15(12-20-21)18-16(19(24)25)9-10-17(23)22(18)11-5-8-14-6-3-2-4-7-14/h2-4,6-7,12-13,16,18H,5,8-11H2,1H3,(H,24,25)/t16-,18-/m0/s1. The lowest BCUT2D eigenvalue weighted by Crippen LogP contribution is -2.45. The Bertz CT molecular complexity index is 741. The third-order valence-corrected chi connectivity index (χ3v) is 4.80. The van der Waals surface area contributed by atoms with Crippen molar-refractivity contribution < 1.29 is 14.7 Å². The van der Waals surface area contributed by atoms with Gasteiger partial charge < -0.3 is 10.0 Å². The predicted octanol–water partition coefficient (Wildman–Crippen LogP) is 2.42. The fourth-order valence-electron chi connectivity index (χ4n) is 3.58. The van der Waals surface area contributed by atoms with Gasteiger partial charge in [-0.2, -0.15) is 5.10 Å². The van der Waals surface area contributed by atoms with E-state index in [2.05, 4.69) is 17.2 Å². The minimum absolute atomic E-state index is 0.0272. The third-order valence-electron chi connectivity index (χ3n) is 4.80. The van der Waals surface area contributed by atoms with Crippen molar-refractivity contribution in [1.82, 2.24) is 14.7 Å². The van der Waals surface area contributed by atoms with Crippen molar-refractivity contribution >= 4 is 11.9 Å². The van der Waals surface area contributed by atoms with E-state index in [0.717, 1.165) is 18.4 Å². The number of likely N-dealkylation sites (tertiary alicyclic amines) is 1. The molecule has 6 nitrogen and oxygen atoms in total. The first-order valence-corrected chi connectivity index (χ1v) is 8.61. The minimum Gasteiger partial charge on any atom is -0.481 e. The topological polar surface area (TPSA) is 75.4 Å². The van der Waals surface area contributed by atoms with Crippen LogP contribution in [-0.2, 0) is 23.1 Å². The number of piperidine rings is 1. The molecule has 6 heteroatoms. The summed E-state index contributed by atoms with van der Waals surface area (Å²) in [5, 5.41) is 13.8. The van der Waals surface area contributed by atoms with Crippen LogP contribution in [0.1, 0.15) is 36.4 Å². The lowest BCUT2D eigenvalue weighted by molar-refractivity contribution is -0.152. The summed E-state index contributed by atoms with van der Waals surface area (Å²) < 4.78 is 1.65. The summed E-state index contributed by atoms with van der Waals surface area (Å²) in [5.74, 6) is -1.41. The maximum Gasteiger partial charge on any atom is 0.308 e. The number of carbonyl (C=O) groups excluding carboxylic acids is 1. The van der Waals surface area contributed by atoms with Crippen LogP contribution in [0.4, 0.5) is 0 Å². The molecule has 1 aliphatic rings. The molecule has 0 bridgehead atoms. The van der Waals surface area contributed by atoms with E-state index >= 15 is 0 Å². The number of aliphatic carboxylic acids is 1. The van der Waals surface area contributed by atoms with Gasteiger partial charge in [-0.1, -0.05) is 30.3 Å². The number of rotatable bonds is 6. The first kappa shape index (κ1) is 17.2. The molecule has 2 atom stereocenters. The molecule has 0 unspecified atom stereocenters. The molecule has 0 aliphatic carbocycles. The highest BCUT2D eigenvalue weighted by molar-refractivity contribution is 5.81. The van der Waals surface area contributed by atoms with Crippen LogP contribution in [-0.4, -0.2) is 38.2 Å². The van der Waals surface area contributed by atoms with Gasteiger partial charge in [0.2, 0.25) is 5.91 Å². The van der Waals surface area contributed by atoms with E-state index in [-0.39, 0.29) is 5.91 Å². The molecule has 0 radical (unpaired) electrons. The third kappa shape index (κ3) is 3.90. The van der Waals surface area contributed by atoms with E-state index in [0.29, 0.717) is 19.4 Å². The number of carboxylic acid groups (broad SMARTS) is 1. The van der Waals surface area contributed by atoms with E-state index in [1.807, 2.05) is 24.4 Å². The van der Waals surface area contributed by atoms with Crippen molar-refractivity contribution in [3.05, 3.63) is 53.9 Å². The highest BCUT2D eigenvalue weighted by Crippen LogP contribution is 2.36. The molecule has 1 amide bonds. The summed E-state index contributed by atoms with van der Waals surface area (Å²) in [6.45, 7) is 0.553. The van der Waals surface area contributed by atoms with Gasteiger partial charge in [-0.3, -0.25) is 14.3 Å². The normalized spacial score (nSPS) is 20.7. The Hall–Kier alpha value is -2.63. The highest BCUT2D eigenvalue weighted by Gasteiger charge is 2.40. The summed E-state index contributed by atoms with van der Waals surface area (Å²) in [4.78, 5) is 26.0. The Morgan fingerprint density at radius 1 is 1.32 bits per heavy atom. The second-order valence-corrected chi connectivity index (χ2v) is 6.55. The monoisotopic (exact) mass is 341 g/mol. The van der Waals surface area contributed by atoms with Crippen molar-refractivity contribution in [1.29, 1.82) is 0 Å². The molecular formula is C19H23N3O3. The molecular weight excluding hydrogens is 318 g/mol. The number of benzene rings is 1. The van der Waals surface area contributed by atoms with E-state index in [1.165, 1.54) is 5.56 Å². The van der Waals surface area contributed by atoms with Crippen molar-refractivity contribution in [2.45, 2.75) is 31.7 Å². The second kappa shape index (κ2) is 7.51. The molecule has 0 spiro atoms. The fraction of sp³-hybridized carbons (Fsp3) is 0.421. The lowest BCUT2D eigenvalue weighted by atomic mass is 9.85. The van der Waals surface area contributed by atoms with Gasteiger partial charge in [0.15, 0.2) is 0 Å². The van der Waals surface area contributed by atoms with Gasteiger partial charge in [-0.15, -0.1) is 0 Å². The van der Waals surface area contributed by atoms with Gasteiger partial charge in [0.25, 0.3) is 0 Å². The van der Waals surface area contributed by atoms with Crippen LogP contribution in [0.3, 0.4) is 0 Å². The van der Waals surface area contributed by atoms with Crippen LogP contribution in [0.5, 0.6) is 0 Å². The SMILES string of the molecule is Cn1cc([C@H]2[C@@H](C(=O)O)CCC(=O)N2CCCc2ccccc2)cn1. The minimum atomic E-state index is -0.852. The van der Waals surface area contributed by atoms with Crippen LogP contribution in [0.25, 0.3) is 0 Å². The molecule has 3 rings (SSSR count). The number of aryl methyl sites for hydroxylation is 2. The molecule has 1 aromatic heterocycles. The van der Waals surface area contributed by atoms with Gasteiger partial charge >= 0.3 is 5.97 Å². The quantitative estimate of drug-likeness (QED) is 0.875. The molecule has 25 heavy (non-hydrogen) atoms. The number of aromatic nitrogens is 2. The maximum absolute atomic E-state index is 12.5. The van der Waals surface area contributed by atoms with Crippen LogP contribution in [0.15, 0.2) is 42.7 Å². The molecule has 2 heterocycles. The Morgan fingerprint density at radius 2 is 2.08 bits per heavy atom. The molecule has 1 aromatic carbocycles. The summed E-state index contributed by atoms with van der Waals surface area (Å²) in [6.07, 6.45) is 5.82. The maximum atomic E-state index is 12.5. The average Bonchev–Trinajstić information content (AvgIpc) is 3.03. The van der Waals surface area contributed by atoms with Crippen molar-refractivity contribution in [2.24, 2.45) is 13.0 Å². The Balaban J connectivity index is 1.77. The van der Waals surface area contributed by atoms with Crippen LogP contribution in [0, 0.1) is 5.92 Å². The Kier molecular flexibility index (Phi) is 5.16. The van der Waals surface area contributed by atoms with Gasteiger partial charge in [0, 0.05) is 31.8 Å². The van der Waals surface area contributed by atoms with Crippen LogP contribution >= 0.6 is 0 Å². The Labute approximate surface area is 147 Å². The fourth-order valence-corrected chi connectivity index (χ4v) is 3.58. The van der Waals surface area contributed by atoms with E-state index < -0.39 is 17.9 Å². The summed E-state index contributed by atoms with van der Waals surface area (Å²) in [5.41, 5.74) is 2.02. The van der Waals surface area contributed by atoms with E-state index in [1.54, 1.807) is 22.8 Å². The smallest absolute Gasteiger partial charge is 0.308 e. The van der Waals surface area contributed by atoms with Gasteiger partial charge in [0.05, 0.1) is 18.2 Å². The van der Waals surface area contributed by atoms with Crippen LogP contribution < -0.4 is 0 Å². The summed E-state index contributed by atoms with van der Waals surface area (Å²) in [7, 11) is 1.80. The van der Waals surface area contributed by atoms with Crippen LogP contribution in [0.2, 0.25) is 0 Å². The van der Waals surface area contributed by atoms with Gasteiger partial charge in [-0.05, 0) is 24.8 Å². The van der Waals surface area contributed by atoms with E-state index in [9.17, 15) is 14.7 Å². The number of carbonyl (C=O) groups is 2. The van der Waals surface area contributed by atoms with Crippen molar-refractivity contribution in [3.8, 4) is 0 Å². The molecule has 2 aromatic rings. The Morgan fingerprint density at radius 3 is 2.72 bits per heavy atom. The molecule has 1 aliphatic heterocycles. The zero-order valence-electron chi connectivity index (χ0n) is 14.3.